The summed E-state index contributed by atoms with van der Waals surface area (Å²) in [5.74, 6) is -2.23. The van der Waals surface area contributed by atoms with E-state index in [0.717, 1.165) is 11.6 Å². The van der Waals surface area contributed by atoms with Crippen LogP contribution in [0.15, 0.2) is 42.5 Å². The third kappa shape index (κ3) is 3.56. The Kier molecular flexibility index (Phi) is 4.52. The van der Waals surface area contributed by atoms with E-state index >= 15 is 0 Å². The Labute approximate surface area is 122 Å². The molecule has 0 aliphatic carbocycles. The van der Waals surface area contributed by atoms with Crippen molar-refractivity contribution in [3.63, 3.8) is 0 Å². The lowest BCUT2D eigenvalue weighted by molar-refractivity contribution is -0.129. The number of halogens is 2. The van der Waals surface area contributed by atoms with E-state index in [1.807, 2.05) is 18.2 Å². The minimum absolute atomic E-state index is 0.0490. The number of carbonyl (C=O) groups is 1. The van der Waals surface area contributed by atoms with Crippen molar-refractivity contribution >= 4 is 11.6 Å². The van der Waals surface area contributed by atoms with Crippen molar-refractivity contribution in [3.8, 4) is 0 Å². The van der Waals surface area contributed by atoms with Crippen LogP contribution in [-0.2, 0) is 17.8 Å². The molecule has 0 aliphatic heterocycles. The number of nitrogen functional groups attached to an aromatic ring is 1. The van der Waals surface area contributed by atoms with E-state index in [9.17, 15) is 13.6 Å². The van der Waals surface area contributed by atoms with Crippen LogP contribution in [0.1, 0.15) is 11.1 Å². The maximum atomic E-state index is 13.6. The molecule has 110 valence electrons. The first-order chi connectivity index (χ1) is 9.99. The number of carbonyl (C=O) groups excluding carboxylic acids is 1. The van der Waals surface area contributed by atoms with Crippen molar-refractivity contribution in [2.24, 2.45) is 0 Å². The predicted octanol–water partition coefficient (Wildman–Crippen LogP) is 2.75. The van der Waals surface area contributed by atoms with Gasteiger partial charge in [0, 0.05) is 24.8 Å². The highest BCUT2D eigenvalue weighted by Crippen LogP contribution is 2.15. The maximum absolute atomic E-state index is 13.6. The Bertz CT molecular complexity index is 658. The number of amides is 1. The first-order valence-electron chi connectivity index (χ1n) is 6.49. The molecule has 0 aliphatic rings. The van der Waals surface area contributed by atoms with Crippen LogP contribution in [0.5, 0.6) is 0 Å². The number of hydrogen-bond acceptors (Lipinski definition) is 2. The molecular formula is C16H16F2N2O. The van der Waals surface area contributed by atoms with Crippen molar-refractivity contribution in [2.75, 3.05) is 12.8 Å². The topological polar surface area (TPSA) is 46.3 Å². The largest absolute Gasteiger partial charge is 0.398 e. The second-order valence-electron chi connectivity index (χ2n) is 4.84. The maximum Gasteiger partial charge on any atom is 0.227 e. The number of hydrogen-bond donors (Lipinski definition) is 1. The Morgan fingerprint density at radius 3 is 2.48 bits per heavy atom. The van der Waals surface area contributed by atoms with Gasteiger partial charge in [0.05, 0.1) is 6.42 Å². The first kappa shape index (κ1) is 15.0. The zero-order chi connectivity index (χ0) is 15.4. The first-order valence-corrected chi connectivity index (χ1v) is 6.49. The lowest BCUT2D eigenvalue weighted by Crippen LogP contribution is -2.28. The minimum atomic E-state index is -0.974. The van der Waals surface area contributed by atoms with E-state index in [-0.39, 0.29) is 17.9 Å². The molecule has 2 rings (SSSR count). The average molecular weight is 290 g/mol. The normalized spacial score (nSPS) is 10.4. The number of nitrogens with two attached hydrogens (primary N) is 1. The third-order valence-electron chi connectivity index (χ3n) is 3.26. The monoisotopic (exact) mass is 290 g/mol. The van der Waals surface area contributed by atoms with E-state index in [0.29, 0.717) is 12.2 Å². The third-order valence-corrected chi connectivity index (χ3v) is 3.26. The van der Waals surface area contributed by atoms with Crippen LogP contribution < -0.4 is 5.73 Å². The van der Waals surface area contributed by atoms with Gasteiger partial charge in [-0.15, -0.1) is 0 Å². The highest BCUT2D eigenvalue weighted by molar-refractivity contribution is 5.78. The summed E-state index contributed by atoms with van der Waals surface area (Å²) in [4.78, 5) is 13.5. The molecule has 2 aromatic carbocycles. The van der Waals surface area contributed by atoms with Crippen LogP contribution in [0, 0.1) is 11.6 Å². The van der Waals surface area contributed by atoms with Gasteiger partial charge in [-0.25, -0.2) is 8.78 Å². The van der Waals surface area contributed by atoms with Crippen molar-refractivity contribution in [1.82, 2.24) is 4.90 Å². The van der Waals surface area contributed by atoms with E-state index in [4.69, 9.17) is 5.73 Å². The van der Waals surface area contributed by atoms with Gasteiger partial charge in [0.2, 0.25) is 5.91 Å². The van der Waals surface area contributed by atoms with Crippen LogP contribution >= 0.6 is 0 Å². The second kappa shape index (κ2) is 6.35. The second-order valence-corrected chi connectivity index (χ2v) is 4.84. The summed E-state index contributed by atoms with van der Waals surface area (Å²) >= 11 is 0. The molecule has 0 saturated carbocycles. The van der Waals surface area contributed by atoms with Crippen molar-refractivity contribution in [3.05, 3.63) is 65.2 Å². The molecule has 0 radical (unpaired) electrons. The minimum Gasteiger partial charge on any atom is -0.398 e. The molecule has 0 atom stereocenters. The van der Waals surface area contributed by atoms with Crippen LogP contribution in [-0.4, -0.2) is 17.9 Å². The van der Waals surface area contributed by atoms with Gasteiger partial charge in [0.25, 0.3) is 0 Å². The fraction of sp³-hybridized carbons (Fsp3) is 0.188. The molecule has 0 unspecified atom stereocenters. The zero-order valence-corrected chi connectivity index (χ0v) is 11.6. The van der Waals surface area contributed by atoms with Gasteiger partial charge >= 0.3 is 0 Å². The lowest BCUT2D eigenvalue weighted by atomic mass is 10.1. The zero-order valence-electron chi connectivity index (χ0n) is 11.6. The molecule has 5 heteroatoms. The summed E-state index contributed by atoms with van der Waals surface area (Å²) < 4.78 is 26.7. The Morgan fingerprint density at radius 2 is 1.76 bits per heavy atom. The molecule has 2 aromatic rings. The molecule has 2 N–H and O–H groups in total. The molecule has 0 heterocycles. The lowest BCUT2D eigenvalue weighted by Gasteiger charge is -2.18. The molecule has 1 amide bonds. The van der Waals surface area contributed by atoms with Crippen LogP contribution in [0.4, 0.5) is 14.5 Å². The number of likely N-dealkylation sites (N-methyl/N-ethyl adjacent to an activating group) is 1. The summed E-state index contributed by atoms with van der Waals surface area (Å²) in [6.45, 7) is 0.322. The molecule has 21 heavy (non-hydrogen) atoms. The summed E-state index contributed by atoms with van der Waals surface area (Å²) in [5.41, 5.74) is 7.27. The van der Waals surface area contributed by atoms with Gasteiger partial charge < -0.3 is 10.6 Å². The highest BCUT2D eigenvalue weighted by atomic mass is 19.2. The molecule has 0 bridgehead atoms. The smallest absolute Gasteiger partial charge is 0.227 e. The Morgan fingerprint density at radius 1 is 1.10 bits per heavy atom. The summed E-state index contributed by atoms with van der Waals surface area (Å²) in [6, 6.07) is 11.0. The Hall–Kier alpha value is -2.43. The molecular weight excluding hydrogens is 274 g/mol. The molecule has 0 saturated heterocycles. The van der Waals surface area contributed by atoms with Gasteiger partial charge in [-0.1, -0.05) is 30.3 Å². The SMILES string of the molecule is CN(Cc1ccccc1N)C(=O)Cc1cccc(F)c1F. The predicted molar refractivity (Wildman–Crippen MR) is 77.4 cm³/mol. The van der Waals surface area contributed by atoms with Gasteiger partial charge in [-0.2, -0.15) is 0 Å². The number of anilines is 1. The standard InChI is InChI=1S/C16H16F2N2O/c1-20(10-12-5-2-3-8-14(12)19)15(21)9-11-6-4-7-13(17)16(11)18/h2-8H,9-10,19H2,1H3. The molecule has 0 aromatic heterocycles. The highest BCUT2D eigenvalue weighted by Gasteiger charge is 2.15. The van der Waals surface area contributed by atoms with E-state index < -0.39 is 11.6 Å². The number of rotatable bonds is 4. The van der Waals surface area contributed by atoms with Crippen molar-refractivity contribution in [1.29, 1.82) is 0 Å². The Balaban J connectivity index is 2.06. The van der Waals surface area contributed by atoms with Crippen molar-refractivity contribution < 1.29 is 13.6 Å². The van der Waals surface area contributed by atoms with Gasteiger partial charge in [-0.3, -0.25) is 4.79 Å². The quantitative estimate of drug-likeness (QED) is 0.880. The molecule has 0 spiro atoms. The number of benzene rings is 2. The number of nitrogens with zero attached hydrogens (tertiary/aromatic N) is 1. The average Bonchev–Trinajstić information content (AvgIpc) is 2.46. The molecule has 3 nitrogen and oxygen atoms in total. The van der Waals surface area contributed by atoms with Gasteiger partial charge in [0.1, 0.15) is 0 Å². The van der Waals surface area contributed by atoms with Crippen molar-refractivity contribution in [2.45, 2.75) is 13.0 Å². The van der Waals surface area contributed by atoms with E-state index in [2.05, 4.69) is 0 Å². The summed E-state index contributed by atoms with van der Waals surface area (Å²) in [6.07, 6.45) is -0.188. The number of para-hydroxylation sites is 1. The van der Waals surface area contributed by atoms with Crippen LogP contribution in [0.2, 0.25) is 0 Å². The molecule has 0 fully saturated rings. The summed E-state index contributed by atoms with van der Waals surface area (Å²) in [7, 11) is 1.60. The van der Waals surface area contributed by atoms with E-state index in [1.54, 1.807) is 13.1 Å². The summed E-state index contributed by atoms with van der Waals surface area (Å²) in [5, 5.41) is 0. The fourth-order valence-corrected chi connectivity index (χ4v) is 2.00. The van der Waals surface area contributed by atoms with Gasteiger partial charge in [-0.05, 0) is 17.7 Å². The van der Waals surface area contributed by atoms with Gasteiger partial charge in [0.15, 0.2) is 11.6 Å². The van der Waals surface area contributed by atoms with Crippen LogP contribution in [0.25, 0.3) is 0 Å². The van der Waals surface area contributed by atoms with Crippen LogP contribution in [0.3, 0.4) is 0 Å². The fourth-order valence-electron chi connectivity index (χ4n) is 2.00. The van der Waals surface area contributed by atoms with E-state index in [1.165, 1.54) is 17.0 Å².